The zero-order chi connectivity index (χ0) is 69.6. The zero-order valence-corrected chi connectivity index (χ0v) is 66.1. The van der Waals surface area contributed by atoms with Crippen molar-refractivity contribution in [2.75, 3.05) is 158 Å². The van der Waals surface area contributed by atoms with Crippen molar-refractivity contribution in [2.45, 2.75) is 325 Å². The maximum Gasteiger partial charge on any atom is 0.146 e. The topological polar surface area (TPSA) is 116 Å². The van der Waals surface area contributed by atoms with E-state index in [1.54, 1.807) is 33.3 Å². The molecule has 10 saturated heterocycles. The SMILES string of the molecule is CC(=O)[C@@H]1CCCN1C(C)C.CC(C)N1CC(O)CO1.CC(C)N1CCCC1.CC(C)N1CCC[C@H]1C.CC(C)N1CCC[C@H]1CN1CCCC1.CC(C)N1CCOCC1.CC(C)N1CCSC1.COC[C@@H]1CCCN1C(C)C.COC[C@@H]1CC[C@@H](COC)N1C(C)C. The first-order chi connectivity index (χ1) is 44.2. The van der Waals surface area contributed by atoms with Crippen LogP contribution >= 0.6 is 11.8 Å². The number of Topliss-reactive ketones (excluding diaryl/α,β-unsaturated/α-hetero) is 1. The standard InChI is InChI=1S/C12H24N2.C11H23NO2.C9H19NO.C9H17NO.C8H17N.C7H15NO.C7H15N.C6H13NO2.C6H13NS/c1-11(2)14-9-5-6-12(14)10-13-7-3-4-8-13;1-9(2)12-10(7-13-3)5-6-11(12)8-14-4;1-8(2)10-6-4-5-9(10)7-11-3;1-7(2)10-6-4-5-9(10)8(3)11;1-7(2)9-6-4-5-8(9)3;1-7(2)8-3-5-9-6-4-8;1-7(2)8-5-3-4-6-8;1-5(2)7-3-6(8)4-9-7;1-6(2)7-3-4-8-5-7/h11-12H,3-10H2,1-2H3;9-11H,5-8H2,1-4H3;8-9H,4-7H2,1-3H3;7,9H,4-6H2,1-3H3;7-8H,4-6H2,1-3H3;7H,3-6H2,1-2H3;7H,3-6H2,1-2H3;5-6,8H,3-4H2,1-2H3;6H,3-5H2,1-2H3/t12-;10-,11-;2*9-;8-;;;;/m00001..../s1. The minimum Gasteiger partial charge on any atom is -0.389 e. The van der Waals surface area contributed by atoms with E-state index in [-0.39, 0.29) is 12.1 Å². The summed E-state index contributed by atoms with van der Waals surface area (Å²) in [6, 6.07) is 9.63. The van der Waals surface area contributed by atoms with E-state index >= 15 is 0 Å². The lowest BCUT2D eigenvalue weighted by Gasteiger charge is -2.33. The number of hydroxylamine groups is 2. The molecule has 10 rings (SSSR count). The second-order valence-electron chi connectivity index (χ2n) is 30.6. The lowest BCUT2D eigenvalue weighted by Crippen LogP contribution is -2.44. The van der Waals surface area contributed by atoms with Crippen LogP contribution in [0.1, 0.15) is 228 Å². The Hall–Kier alpha value is -0.620. The maximum atomic E-state index is 11.1. The molecule has 0 aromatic heterocycles. The Labute approximate surface area is 580 Å². The average molecular weight is 1340 g/mol. The molecule has 0 aromatic rings. The second-order valence-corrected chi connectivity index (χ2v) is 31.7. The number of methoxy groups -OCH3 is 3. The highest BCUT2D eigenvalue weighted by Gasteiger charge is 2.35. The summed E-state index contributed by atoms with van der Waals surface area (Å²) in [6.45, 7) is 64.9. The van der Waals surface area contributed by atoms with Gasteiger partial charge in [0.2, 0.25) is 0 Å². The largest absolute Gasteiger partial charge is 0.389 e. The van der Waals surface area contributed by atoms with E-state index in [4.69, 9.17) is 28.9 Å². The summed E-state index contributed by atoms with van der Waals surface area (Å²) in [4.78, 5) is 39.0. The number of carbonyl (C=O) groups is 1. The summed E-state index contributed by atoms with van der Waals surface area (Å²) in [7, 11) is 5.35. The third-order valence-corrected chi connectivity index (χ3v) is 21.4. The highest BCUT2D eigenvalue weighted by molar-refractivity contribution is 7.99. The number of β-amino-alcohol motifs (C(OH)–C–C–N with tert-alkyl or cyclic N) is 1. The Kier molecular flexibility index (Phi) is 48.2. The monoisotopic (exact) mass is 1340 g/mol. The van der Waals surface area contributed by atoms with Crippen molar-refractivity contribution in [3.8, 4) is 0 Å². The van der Waals surface area contributed by atoms with Gasteiger partial charge in [-0.1, -0.05) is 0 Å². The summed E-state index contributed by atoms with van der Waals surface area (Å²) in [5, 5.41) is 10.8. The Morgan fingerprint density at radius 3 is 1.25 bits per heavy atom. The molecule has 0 amide bonds. The van der Waals surface area contributed by atoms with Crippen molar-refractivity contribution in [2.24, 2.45) is 0 Å². The van der Waals surface area contributed by atoms with Gasteiger partial charge >= 0.3 is 0 Å². The van der Waals surface area contributed by atoms with Crippen molar-refractivity contribution in [1.82, 2.24) is 49.2 Å². The number of thioether (sulfide) groups is 1. The number of ketones is 1. The van der Waals surface area contributed by atoms with Crippen LogP contribution in [0.3, 0.4) is 0 Å². The first-order valence-electron chi connectivity index (χ1n) is 38.1. The molecule has 10 aliphatic heterocycles. The number of morpholine rings is 1. The van der Waals surface area contributed by atoms with Crippen molar-refractivity contribution >= 4 is 17.5 Å². The van der Waals surface area contributed by atoms with Crippen molar-refractivity contribution in [1.29, 1.82) is 0 Å². The van der Waals surface area contributed by atoms with Gasteiger partial charge in [0.15, 0.2) is 0 Å². The third-order valence-electron chi connectivity index (χ3n) is 20.4. The van der Waals surface area contributed by atoms with Gasteiger partial charge in [-0.05, 0) is 281 Å². The van der Waals surface area contributed by atoms with E-state index in [1.165, 1.54) is 154 Å². The third kappa shape index (κ3) is 35.5. The number of ether oxygens (including phenoxy) is 4. The Morgan fingerprint density at radius 2 is 0.903 bits per heavy atom. The molecule has 0 aromatic carbocycles. The molecular weight excluding hydrogens is 1180 g/mol. The number of hydrogen-bond donors (Lipinski definition) is 1. The summed E-state index contributed by atoms with van der Waals surface area (Å²) in [5.74, 6) is 2.91. The molecule has 1 N–H and O–H groups in total. The van der Waals surface area contributed by atoms with Gasteiger partial charge in [0.25, 0.3) is 0 Å². The minimum absolute atomic E-state index is 0.218. The van der Waals surface area contributed by atoms with Crippen LogP contribution in [-0.2, 0) is 28.6 Å². The first kappa shape index (κ1) is 88.5. The predicted octanol–water partition coefficient (Wildman–Crippen LogP) is 11.9. The van der Waals surface area contributed by atoms with Crippen LogP contribution in [0.2, 0.25) is 0 Å². The molecule has 10 fully saturated rings. The van der Waals surface area contributed by atoms with E-state index in [0.29, 0.717) is 67.3 Å². The molecule has 10 aliphatic rings. The minimum atomic E-state index is -0.285. The van der Waals surface area contributed by atoms with Gasteiger partial charge in [-0.3, -0.25) is 43.9 Å². The van der Waals surface area contributed by atoms with Crippen LogP contribution in [0.5, 0.6) is 0 Å². The number of likely N-dealkylation sites (tertiary alicyclic amines) is 7. The van der Waals surface area contributed by atoms with Gasteiger partial charge in [0.05, 0.1) is 58.3 Å². The molecule has 10 heterocycles. The number of aliphatic hydroxyl groups excluding tert-OH is 1. The van der Waals surface area contributed by atoms with Crippen molar-refractivity contribution in [3.05, 3.63) is 0 Å². The molecule has 17 nitrogen and oxygen atoms in total. The highest BCUT2D eigenvalue weighted by Crippen LogP contribution is 2.28. The van der Waals surface area contributed by atoms with Crippen LogP contribution in [0.15, 0.2) is 0 Å². The van der Waals surface area contributed by atoms with Crippen LogP contribution < -0.4 is 0 Å². The second kappa shape index (κ2) is 50.7. The van der Waals surface area contributed by atoms with E-state index in [9.17, 15) is 4.79 Å². The number of rotatable bonds is 18. The molecular formula is C75H156N10O7S. The van der Waals surface area contributed by atoms with E-state index in [2.05, 4.69) is 162 Å². The van der Waals surface area contributed by atoms with Crippen LogP contribution in [-0.4, -0.2) is 314 Å². The van der Waals surface area contributed by atoms with Gasteiger partial charge in [-0.15, -0.1) is 11.8 Å². The molecule has 554 valence electrons. The number of aliphatic hydroxyl groups is 1. The van der Waals surface area contributed by atoms with E-state index < -0.39 is 0 Å². The zero-order valence-electron chi connectivity index (χ0n) is 65.3. The van der Waals surface area contributed by atoms with Gasteiger partial charge in [0.1, 0.15) is 5.78 Å². The molecule has 1 unspecified atom stereocenters. The average Bonchev–Trinajstić information content (AvgIpc) is 1.89. The summed E-state index contributed by atoms with van der Waals surface area (Å²) < 4.78 is 20.9. The van der Waals surface area contributed by atoms with Gasteiger partial charge in [0, 0.05) is 144 Å². The summed E-state index contributed by atoms with van der Waals surface area (Å²) in [5.41, 5.74) is 0. The van der Waals surface area contributed by atoms with Gasteiger partial charge < -0.3 is 33.9 Å². The first-order valence-corrected chi connectivity index (χ1v) is 39.3. The lowest BCUT2D eigenvalue weighted by molar-refractivity contribution is -0.132. The van der Waals surface area contributed by atoms with E-state index in [1.807, 2.05) is 25.6 Å². The molecule has 0 aliphatic carbocycles. The quantitative estimate of drug-likeness (QED) is 0.140. The Bertz CT molecular complexity index is 1740. The van der Waals surface area contributed by atoms with Crippen LogP contribution in [0.25, 0.3) is 0 Å². The number of nitrogens with zero attached hydrogens (tertiary/aromatic N) is 10. The fraction of sp³-hybridized carbons (Fsp3) is 0.987. The Balaban J connectivity index is 0.000000359. The van der Waals surface area contributed by atoms with Crippen LogP contribution in [0.4, 0.5) is 0 Å². The van der Waals surface area contributed by atoms with Gasteiger partial charge in [-0.25, -0.2) is 0 Å². The van der Waals surface area contributed by atoms with Crippen LogP contribution in [0, 0.1) is 0 Å². The molecule has 18 heteroatoms. The molecule has 0 radical (unpaired) electrons. The highest BCUT2D eigenvalue weighted by atomic mass is 32.2. The predicted molar refractivity (Wildman–Crippen MR) is 397 cm³/mol. The van der Waals surface area contributed by atoms with Crippen molar-refractivity contribution < 1.29 is 33.7 Å². The Morgan fingerprint density at radius 1 is 0.462 bits per heavy atom. The molecule has 0 spiro atoms. The molecule has 0 bridgehead atoms. The lowest BCUT2D eigenvalue weighted by atomic mass is 10.1. The fourth-order valence-electron chi connectivity index (χ4n) is 15.1. The molecule has 0 saturated carbocycles. The van der Waals surface area contributed by atoms with Gasteiger partial charge in [-0.2, -0.15) is 5.06 Å². The summed E-state index contributed by atoms with van der Waals surface area (Å²) in [6.07, 6.45) is 18.4. The molecule has 7 atom stereocenters. The van der Waals surface area contributed by atoms with E-state index in [0.717, 1.165) is 95.3 Å². The summed E-state index contributed by atoms with van der Waals surface area (Å²) >= 11 is 2.04. The normalized spacial score (nSPS) is 27.2. The number of carbonyl (C=O) groups excluding carboxylic acids is 1. The maximum absolute atomic E-state index is 11.1. The smallest absolute Gasteiger partial charge is 0.146 e. The number of hydrogen-bond acceptors (Lipinski definition) is 18. The van der Waals surface area contributed by atoms with Crippen molar-refractivity contribution in [3.63, 3.8) is 0 Å². The fourth-order valence-corrected chi connectivity index (χ4v) is 16.2. The molecule has 93 heavy (non-hydrogen) atoms.